The van der Waals surface area contributed by atoms with Gasteiger partial charge >= 0.3 is 0 Å². The third kappa shape index (κ3) is 3.33. The normalized spacial score (nSPS) is 27.1. The van der Waals surface area contributed by atoms with Gasteiger partial charge in [-0.2, -0.15) is 0 Å². The summed E-state index contributed by atoms with van der Waals surface area (Å²) in [5.41, 5.74) is -0.00777. The third-order valence-electron chi connectivity index (χ3n) is 3.69. The molecule has 1 aliphatic heterocycles. The van der Waals surface area contributed by atoms with E-state index in [-0.39, 0.29) is 5.92 Å². The molecule has 0 unspecified atom stereocenters. The second-order valence-electron chi connectivity index (χ2n) is 5.35. The van der Waals surface area contributed by atoms with Crippen LogP contribution in [0.3, 0.4) is 0 Å². The fraction of sp³-hybridized carbons (Fsp3) is 0.500. The van der Waals surface area contributed by atoms with Gasteiger partial charge in [-0.1, -0.05) is 47.1 Å². The molecule has 0 amide bonds. The number of rotatable bonds is 3. The molecule has 1 N–H and O–H groups in total. The van der Waals surface area contributed by atoms with Crippen LogP contribution in [-0.2, 0) is 4.74 Å². The topological polar surface area (TPSA) is 42.4 Å². The van der Waals surface area contributed by atoms with Crippen molar-refractivity contribution in [3.05, 3.63) is 24.3 Å². The van der Waals surface area contributed by atoms with E-state index < -0.39 is 9.27 Å². The molecule has 0 radical (unpaired) electrons. The first kappa shape index (κ1) is 15.8. The van der Waals surface area contributed by atoms with Crippen LogP contribution in [0.25, 0.3) is 10.2 Å². The summed E-state index contributed by atoms with van der Waals surface area (Å²) in [5, 5.41) is 10.5. The Labute approximate surface area is 141 Å². The van der Waals surface area contributed by atoms with Crippen molar-refractivity contribution >= 4 is 56.5 Å². The number of fused-ring (bicyclic) bond motifs is 1. The van der Waals surface area contributed by atoms with Crippen molar-refractivity contribution in [2.24, 2.45) is 5.92 Å². The van der Waals surface area contributed by atoms with Crippen LogP contribution in [0.15, 0.2) is 28.6 Å². The van der Waals surface area contributed by atoms with Crippen LogP contribution in [0.2, 0.25) is 0 Å². The minimum atomic E-state index is -1.18. The van der Waals surface area contributed by atoms with E-state index in [1.807, 2.05) is 24.3 Å². The molecule has 1 aromatic carbocycles. The van der Waals surface area contributed by atoms with E-state index in [1.54, 1.807) is 18.3 Å². The van der Waals surface area contributed by atoms with Gasteiger partial charge in [0.25, 0.3) is 0 Å². The van der Waals surface area contributed by atoms with Gasteiger partial charge in [0.2, 0.25) is 0 Å². The van der Waals surface area contributed by atoms with E-state index in [4.69, 9.17) is 27.9 Å². The Balaban J connectivity index is 1.84. The van der Waals surface area contributed by atoms with Gasteiger partial charge in [0.1, 0.15) is 0 Å². The maximum atomic E-state index is 10.5. The van der Waals surface area contributed by atoms with Crippen LogP contribution < -0.4 is 0 Å². The van der Waals surface area contributed by atoms with E-state index >= 15 is 0 Å². The van der Waals surface area contributed by atoms with Crippen LogP contribution in [0.4, 0.5) is 0 Å². The molecule has 2 heterocycles. The molecular formula is C14H15Cl2NO2S2. The van der Waals surface area contributed by atoms with E-state index in [1.165, 1.54) is 11.8 Å². The number of nitrogens with zero attached hydrogens (tertiary/aromatic N) is 1. The highest BCUT2D eigenvalue weighted by Crippen LogP contribution is 2.52. The Kier molecular flexibility index (Phi) is 4.43. The first-order valence-electron chi connectivity index (χ1n) is 6.61. The minimum absolute atomic E-state index is 0.345. The van der Waals surface area contributed by atoms with Gasteiger partial charge in [0.05, 0.1) is 28.3 Å². The van der Waals surface area contributed by atoms with Gasteiger partial charge in [-0.05, 0) is 25.5 Å². The Morgan fingerprint density at radius 2 is 2.24 bits per heavy atom. The molecule has 7 heteroatoms. The van der Waals surface area contributed by atoms with Crippen molar-refractivity contribution in [3.8, 4) is 0 Å². The van der Waals surface area contributed by atoms with Gasteiger partial charge in [0, 0.05) is 6.61 Å². The quantitative estimate of drug-likeness (QED) is 0.651. The predicted molar refractivity (Wildman–Crippen MR) is 89.5 cm³/mol. The molecule has 3 rings (SSSR count). The predicted octanol–water partition coefficient (Wildman–Crippen LogP) is 4.31. The summed E-state index contributed by atoms with van der Waals surface area (Å²) in [6.07, 6.45) is 0.527. The van der Waals surface area contributed by atoms with Crippen molar-refractivity contribution in [2.45, 2.75) is 27.0 Å². The number of hydrogen-bond acceptors (Lipinski definition) is 5. The fourth-order valence-electron chi connectivity index (χ4n) is 2.38. The number of para-hydroxylation sites is 1. The molecule has 1 aromatic heterocycles. The Morgan fingerprint density at radius 1 is 1.48 bits per heavy atom. The summed E-state index contributed by atoms with van der Waals surface area (Å²) in [7, 11) is 0. The van der Waals surface area contributed by atoms with Crippen molar-refractivity contribution < 1.29 is 9.84 Å². The molecule has 1 saturated heterocycles. The zero-order valence-electron chi connectivity index (χ0n) is 11.4. The van der Waals surface area contributed by atoms with Crippen LogP contribution in [0.5, 0.6) is 0 Å². The van der Waals surface area contributed by atoms with E-state index in [0.717, 1.165) is 14.6 Å². The number of thiazole rings is 1. The number of alkyl halides is 2. The zero-order chi connectivity index (χ0) is 15.1. The maximum absolute atomic E-state index is 10.5. The number of ether oxygens (including phenoxy) is 1. The highest BCUT2D eigenvalue weighted by Gasteiger charge is 2.49. The highest BCUT2D eigenvalue weighted by atomic mass is 35.5. The molecule has 1 aliphatic rings. The first-order chi connectivity index (χ1) is 9.88. The minimum Gasteiger partial charge on any atom is -0.390 e. The van der Waals surface area contributed by atoms with E-state index in [0.29, 0.717) is 19.6 Å². The summed E-state index contributed by atoms with van der Waals surface area (Å²) < 4.78 is 6.15. The van der Waals surface area contributed by atoms with Gasteiger partial charge in [-0.15, -0.1) is 11.3 Å². The van der Waals surface area contributed by atoms with Gasteiger partial charge < -0.3 is 9.84 Å². The molecular weight excluding hydrogens is 349 g/mol. The van der Waals surface area contributed by atoms with Crippen LogP contribution >= 0.6 is 46.3 Å². The van der Waals surface area contributed by atoms with Gasteiger partial charge in [-0.25, -0.2) is 4.98 Å². The molecule has 21 heavy (non-hydrogen) atoms. The fourth-order valence-corrected chi connectivity index (χ4v) is 6.05. The number of halogens is 2. The Hall–Kier alpha value is -0.0400. The third-order valence-corrected chi connectivity index (χ3v) is 6.83. The second kappa shape index (κ2) is 5.87. The standard InChI is InChI=1S/C14H15Cl2NO2S2/c1-13(18)6-7-19-8-11(13)14(15,16)21-12-17-9-4-2-3-5-10(9)20-12/h2-5,11,18H,6-8H2,1H3/t11-,13+/m1/s1. The maximum Gasteiger partial charge on any atom is 0.177 e. The van der Waals surface area contributed by atoms with Crippen molar-refractivity contribution in [1.29, 1.82) is 0 Å². The Morgan fingerprint density at radius 3 is 2.95 bits per heavy atom. The average molecular weight is 364 g/mol. The number of aromatic nitrogens is 1. The SMILES string of the molecule is C[C@]1(O)CCOC[C@H]1C(Cl)(Cl)Sc1nc2ccccc2s1. The zero-order valence-corrected chi connectivity index (χ0v) is 14.5. The van der Waals surface area contributed by atoms with Crippen LogP contribution in [-0.4, -0.2) is 32.6 Å². The average Bonchev–Trinajstić information content (AvgIpc) is 2.78. The summed E-state index contributed by atoms with van der Waals surface area (Å²) >= 11 is 15.9. The van der Waals surface area contributed by atoms with E-state index in [9.17, 15) is 5.11 Å². The lowest BCUT2D eigenvalue weighted by atomic mass is 9.86. The lowest BCUT2D eigenvalue weighted by Gasteiger charge is -2.42. The van der Waals surface area contributed by atoms with Crippen molar-refractivity contribution in [1.82, 2.24) is 4.98 Å². The van der Waals surface area contributed by atoms with Crippen LogP contribution in [0.1, 0.15) is 13.3 Å². The van der Waals surface area contributed by atoms with Gasteiger partial charge in [-0.3, -0.25) is 0 Å². The number of aliphatic hydroxyl groups is 1. The van der Waals surface area contributed by atoms with E-state index in [2.05, 4.69) is 4.98 Å². The highest BCUT2D eigenvalue weighted by molar-refractivity contribution is 8.04. The lowest BCUT2D eigenvalue weighted by molar-refractivity contribution is -0.0983. The number of benzene rings is 1. The molecule has 2 atom stereocenters. The van der Waals surface area contributed by atoms with Crippen LogP contribution in [0, 0.1) is 5.92 Å². The summed E-state index contributed by atoms with van der Waals surface area (Å²) in [4.78, 5) is 4.53. The monoisotopic (exact) mass is 363 g/mol. The van der Waals surface area contributed by atoms with Gasteiger partial charge in [0.15, 0.2) is 8.01 Å². The summed E-state index contributed by atoms with van der Waals surface area (Å²) in [6, 6.07) is 7.90. The Bertz CT molecular complexity index is 612. The summed E-state index contributed by atoms with van der Waals surface area (Å²) in [5.74, 6) is -0.376. The van der Waals surface area contributed by atoms with Crippen molar-refractivity contribution in [3.63, 3.8) is 0 Å². The molecule has 0 spiro atoms. The molecule has 2 aromatic rings. The second-order valence-corrected chi connectivity index (χ2v) is 9.70. The molecule has 114 valence electrons. The smallest absolute Gasteiger partial charge is 0.177 e. The molecule has 1 fully saturated rings. The lowest BCUT2D eigenvalue weighted by Crippen LogP contribution is -2.49. The largest absolute Gasteiger partial charge is 0.390 e. The van der Waals surface area contributed by atoms with Crippen molar-refractivity contribution in [2.75, 3.05) is 13.2 Å². The summed E-state index contributed by atoms with van der Waals surface area (Å²) in [6.45, 7) is 2.63. The first-order valence-corrected chi connectivity index (χ1v) is 9.00. The molecule has 0 bridgehead atoms. The molecule has 3 nitrogen and oxygen atoms in total. The molecule has 0 saturated carbocycles. The number of hydrogen-bond donors (Lipinski definition) is 1. The molecule has 0 aliphatic carbocycles. The number of thioether (sulfide) groups is 1.